The molecule has 0 aliphatic carbocycles. The van der Waals surface area contributed by atoms with E-state index in [0.29, 0.717) is 45.0 Å². The van der Waals surface area contributed by atoms with E-state index in [0.717, 1.165) is 81.3 Å². The lowest BCUT2D eigenvalue weighted by Crippen LogP contribution is -2.72. The fourth-order valence-electron chi connectivity index (χ4n) is 9.01. The van der Waals surface area contributed by atoms with Gasteiger partial charge in [0.05, 0.1) is 35.6 Å². The van der Waals surface area contributed by atoms with Gasteiger partial charge in [0.2, 0.25) is 17.7 Å². The predicted octanol–water partition coefficient (Wildman–Crippen LogP) is 4.97. The number of pyridine rings is 2. The van der Waals surface area contributed by atoms with Gasteiger partial charge in [0.15, 0.2) is 0 Å². The molecule has 0 bridgehead atoms. The van der Waals surface area contributed by atoms with Crippen molar-refractivity contribution in [2.24, 2.45) is 10.8 Å². The second kappa shape index (κ2) is 16.7. The van der Waals surface area contributed by atoms with Gasteiger partial charge < -0.3 is 34.1 Å². The van der Waals surface area contributed by atoms with E-state index in [2.05, 4.69) is 25.1 Å². The quantitative estimate of drug-likeness (QED) is 0.184. The van der Waals surface area contributed by atoms with Gasteiger partial charge in [-0.2, -0.15) is 0 Å². The molecule has 4 saturated heterocycles. The van der Waals surface area contributed by atoms with Crippen molar-refractivity contribution in [1.82, 2.24) is 29.6 Å². The molecule has 6 heterocycles. The van der Waals surface area contributed by atoms with Gasteiger partial charge in [-0.3, -0.25) is 29.2 Å². The molecule has 2 aromatic heterocycles. The van der Waals surface area contributed by atoms with Crippen molar-refractivity contribution in [1.29, 1.82) is 0 Å². The van der Waals surface area contributed by atoms with Crippen LogP contribution >= 0.6 is 23.2 Å². The fraction of sp³-hybridized carbons (Fsp3) is 0.419. The number of hydrogen-bond acceptors (Lipinski definition) is 11. The van der Waals surface area contributed by atoms with Crippen molar-refractivity contribution in [3.05, 3.63) is 87.7 Å². The Bertz CT molecular complexity index is 2260. The minimum atomic E-state index is -0.443. The first kappa shape index (κ1) is 40.9. The molecule has 2 aromatic carbocycles. The standard InChI is InChI=1S/C43H47Cl2N7O7/c1-56-17-35(53)51-23-42(24-51)19-49(20-42)15-28-9-8-27(14-34(28)58-3)39-38(45)31(12-13-46-39)30-6-5-7-32(37(30)44)47-40(55)33-11-10-29(41(48-33)59-4)16-50-21-43(22-50)25-52(26-43)36(54)18-57-2/h5-14H,15-26H2,1-4H3,(H,47,55). The molecule has 310 valence electrons. The van der Waals surface area contributed by atoms with Gasteiger partial charge in [-0.05, 0) is 30.3 Å². The van der Waals surface area contributed by atoms with E-state index >= 15 is 0 Å². The van der Waals surface area contributed by atoms with Crippen molar-refractivity contribution in [2.75, 3.05) is 99.3 Å². The molecule has 4 fully saturated rings. The van der Waals surface area contributed by atoms with E-state index in [1.807, 2.05) is 40.1 Å². The Labute approximate surface area is 353 Å². The molecule has 4 aromatic rings. The maximum atomic E-state index is 13.5. The zero-order chi connectivity index (χ0) is 41.5. The molecule has 16 heteroatoms. The summed E-state index contributed by atoms with van der Waals surface area (Å²) >= 11 is 14.1. The summed E-state index contributed by atoms with van der Waals surface area (Å²) in [5, 5.41) is 3.63. The van der Waals surface area contributed by atoms with Gasteiger partial charge in [0.1, 0.15) is 24.7 Å². The smallest absolute Gasteiger partial charge is 0.274 e. The highest BCUT2D eigenvalue weighted by Crippen LogP contribution is 2.44. The lowest BCUT2D eigenvalue weighted by Gasteiger charge is -2.60. The molecule has 0 saturated carbocycles. The van der Waals surface area contributed by atoms with Crippen LogP contribution in [0.3, 0.4) is 0 Å². The number of benzene rings is 2. The van der Waals surface area contributed by atoms with Crippen LogP contribution in [0, 0.1) is 10.8 Å². The van der Waals surface area contributed by atoms with E-state index < -0.39 is 5.91 Å². The average molecular weight is 845 g/mol. The highest BCUT2D eigenvalue weighted by Gasteiger charge is 2.54. The first-order chi connectivity index (χ1) is 28.5. The van der Waals surface area contributed by atoms with Gasteiger partial charge in [-0.15, -0.1) is 0 Å². The topological polar surface area (TPSA) is 139 Å². The number of nitrogens with zero attached hydrogens (tertiary/aromatic N) is 6. The molecule has 8 rings (SSSR count). The Hall–Kier alpha value is -4.83. The lowest BCUT2D eigenvalue weighted by molar-refractivity contribution is -0.163. The molecule has 14 nitrogen and oxygen atoms in total. The highest BCUT2D eigenvalue weighted by atomic mass is 35.5. The van der Waals surface area contributed by atoms with E-state index in [1.165, 1.54) is 21.3 Å². The Morgan fingerprint density at radius 3 is 1.90 bits per heavy atom. The number of hydrogen-bond donors (Lipinski definition) is 1. The van der Waals surface area contributed by atoms with E-state index in [1.54, 1.807) is 37.6 Å². The molecule has 0 atom stereocenters. The molecule has 4 aliphatic heterocycles. The number of likely N-dealkylation sites (tertiary alicyclic amines) is 4. The number of nitrogens with one attached hydrogen (secondary N) is 1. The zero-order valence-electron chi connectivity index (χ0n) is 33.6. The fourth-order valence-corrected chi connectivity index (χ4v) is 9.61. The number of halogens is 2. The highest BCUT2D eigenvalue weighted by molar-refractivity contribution is 6.39. The molecule has 3 amide bonds. The van der Waals surface area contributed by atoms with Crippen molar-refractivity contribution in [3.8, 4) is 34.0 Å². The van der Waals surface area contributed by atoms with Crippen LogP contribution in [0.15, 0.2) is 60.8 Å². The van der Waals surface area contributed by atoms with Gasteiger partial charge >= 0.3 is 0 Å². The van der Waals surface area contributed by atoms with Crippen LogP contribution in [0.2, 0.25) is 10.0 Å². The lowest BCUT2D eigenvalue weighted by atomic mass is 9.72. The monoisotopic (exact) mass is 843 g/mol. The van der Waals surface area contributed by atoms with Crippen LogP contribution in [0.5, 0.6) is 11.6 Å². The minimum absolute atomic E-state index is 0.0209. The summed E-state index contributed by atoms with van der Waals surface area (Å²) in [4.78, 5) is 55.3. The number of ether oxygens (including phenoxy) is 4. The summed E-state index contributed by atoms with van der Waals surface area (Å²) in [7, 11) is 6.26. The van der Waals surface area contributed by atoms with Crippen LogP contribution in [-0.4, -0.2) is 141 Å². The van der Waals surface area contributed by atoms with Crippen LogP contribution in [-0.2, 0) is 32.2 Å². The number of aromatic nitrogens is 2. The van der Waals surface area contributed by atoms with E-state index in [9.17, 15) is 14.4 Å². The molecule has 1 N–H and O–H groups in total. The molecule has 2 spiro atoms. The second-order valence-electron chi connectivity index (χ2n) is 16.2. The van der Waals surface area contributed by atoms with Gasteiger partial charge in [0.25, 0.3) is 5.91 Å². The van der Waals surface area contributed by atoms with Crippen LogP contribution in [0.25, 0.3) is 22.4 Å². The largest absolute Gasteiger partial charge is 0.496 e. The first-order valence-electron chi connectivity index (χ1n) is 19.4. The molecule has 4 aliphatic rings. The Morgan fingerprint density at radius 2 is 1.31 bits per heavy atom. The number of carbonyl (C=O) groups excluding carboxylic acids is 3. The Kier molecular flexibility index (Phi) is 11.6. The minimum Gasteiger partial charge on any atom is -0.496 e. The summed E-state index contributed by atoms with van der Waals surface area (Å²) < 4.78 is 21.4. The normalized spacial score (nSPS) is 17.8. The Balaban J connectivity index is 0.906. The summed E-state index contributed by atoms with van der Waals surface area (Å²) in [6.07, 6.45) is 1.68. The number of anilines is 1. The molecular formula is C43H47Cl2N7O7. The van der Waals surface area contributed by atoms with Crippen molar-refractivity contribution in [2.45, 2.75) is 13.1 Å². The van der Waals surface area contributed by atoms with E-state index in [4.69, 9.17) is 42.1 Å². The molecule has 0 radical (unpaired) electrons. The summed E-state index contributed by atoms with van der Waals surface area (Å²) in [6, 6.07) is 16.7. The second-order valence-corrected chi connectivity index (χ2v) is 16.9. The SMILES string of the molecule is COCC(=O)N1CC2(CN(Cc3ccc(-c4nccc(-c5cccc(NC(=O)c6ccc(CN7CC8(C7)CN(C(=O)COC)C8)c(OC)n6)c5Cl)c4Cl)cc3OC)C2)C1. The Morgan fingerprint density at radius 1 is 0.712 bits per heavy atom. The summed E-state index contributed by atoms with van der Waals surface area (Å²) in [6.45, 7) is 8.17. The third kappa shape index (κ3) is 8.09. The van der Waals surface area contributed by atoms with Gasteiger partial charge in [-0.1, -0.05) is 47.5 Å². The van der Waals surface area contributed by atoms with Crippen molar-refractivity contribution in [3.63, 3.8) is 0 Å². The first-order valence-corrected chi connectivity index (χ1v) is 20.2. The van der Waals surface area contributed by atoms with Gasteiger partial charge in [-0.25, -0.2) is 4.98 Å². The van der Waals surface area contributed by atoms with Crippen LogP contribution in [0.4, 0.5) is 5.69 Å². The van der Waals surface area contributed by atoms with Crippen molar-refractivity contribution >= 4 is 46.6 Å². The summed E-state index contributed by atoms with van der Waals surface area (Å²) in [5.74, 6) is 0.715. The van der Waals surface area contributed by atoms with Gasteiger partial charge in [0, 0.05) is 125 Å². The third-order valence-corrected chi connectivity index (χ3v) is 12.5. The third-order valence-electron chi connectivity index (χ3n) is 11.7. The number of carbonyl (C=O) groups is 3. The van der Waals surface area contributed by atoms with Crippen LogP contribution < -0.4 is 14.8 Å². The molecule has 0 unspecified atom stereocenters. The average Bonchev–Trinajstić information content (AvgIpc) is 3.16. The zero-order valence-corrected chi connectivity index (χ0v) is 35.1. The summed E-state index contributed by atoms with van der Waals surface area (Å²) in [5.41, 5.74) is 5.40. The maximum Gasteiger partial charge on any atom is 0.274 e. The number of methoxy groups -OCH3 is 4. The predicted molar refractivity (Wildman–Crippen MR) is 223 cm³/mol. The number of amides is 3. The van der Waals surface area contributed by atoms with Crippen molar-refractivity contribution < 1.29 is 33.3 Å². The van der Waals surface area contributed by atoms with Crippen LogP contribution in [0.1, 0.15) is 21.6 Å². The maximum absolute atomic E-state index is 13.5. The molecule has 59 heavy (non-hydrogen) atoms. The molecular weight excluding hydrogens is 797 g/mol. The number of rotatable bonds is 14. The van der Waals surface area contributed by atoms with E-state index in [-0.39, 0.29) is 41.6 Å².